The Bertz CT molecular complexity index is 687. The summed E-state index contributed by atoms with van der Waals surface area (Å²) >= 11 is 0. The number of benzene rings is 1. The van der Waals surface area contributed by atoms with Crippen LogP contribution in [0.5, 0.6) is 0 Å². The maximum absolute atomic E-state index is 12.3. The molecule has 3 rings (SSSR count). The van der Waals surface area contributed by atoms with Gasteiger partial charge in [-0.3, -0.25) is 14.3 Å². The van der Waals surface area contributed by atoms with Crippen molar-refractivity contribution in [2.45, 2.75) is 38.3 Å². The zero-order chi connectivity index (χ0) is 16.9. The van der Waals surface area contributed by atoms with Crippen molar-refractivity contribution in [1.82, 2.24) is 15.1 Å². The molecule has 1 heterocycles. The van der Waals surface area contributed by atoms with Crippen LogP contribution in [0.1, 0.15) is 41.6 Å². The van der Waals surface area contributed by atoms with Crippen LogP contribution >= 0.6 is 0 Å². The summed E-state index contributed by atoms with van der Waals surface area (Å²) in [5, 5.41) is 16.2. The predicted octanol–water partition coefficient (Wildman–Crippen LogP) is 2.30. The summed E-state index contributed by atoms with van der Waals surface area (Å²) in [5.74, 6) is -1.09. The van der Waals surface area contributed by atoms with E-state index in [2.05, 4.69) is 10.4 Å². The van der Waals surface area contributed by atoms with Crippen molar-refractivity contribution >= 4 is 11.9 Å². The topological polar surface area (TPSA) is 84.2 Å². The third-order valence-corrected chi connectivity index (χ3v) is 4.53. The molecule has 6 heteroatoms. The molecule has 0 bridgehead atoms. The van der Waals surface area contributed by atoms with Crippen LogP contribution in [-0.2, 0) is 11.3 Å². The van der Waals surface area contributed by atoms with Crippen LogP contribution < -0.4 is 5.32 Å². The van der Waals surface area contributed by atoms with Crippen LogP contribution in [-0.4, -0.2) is 32.8 Å². The molecule has 1 fully saturated rings. The van der Waals surface area contributed by atoms with E-state index < -0.39 is 5.97 Å². The van der Waals surface area contributed by atoms with Crippen LogP contribution in [0.15, 0.2) is 42.7 Å². The number of hydrogen-bond acceptors (Lipinski definition) is 3. The van der Waals surface area contributed by atoms with Crippen LogP contribution in [0.4, 0.5) is 0 Å². The van der Waals surface area contributed by atoms with Gasteiger partial charge >= 0.3 is 5.97 Å². The number of carbonyl (C=O) groups is 2. The molecule has 0 radical (unpaired) electrons. The molecular weight excluding hydrogens is 306 g/mol. The molecule has 0 unspecified atom stereocenters. The zero-order valence-electron chi connectivity index (χ0n) is 13.4. The Morgan fingerprint density at radius 1 is 1.17 bits per heavy atom. The molecule has 0 atom stereocenters. The molecule has 1 aliphatic carbocycles. The number of rotatable bonds is 5. The lowest BCUT2D eigenvalue weighted by Gasteiger charge is -2.26. The zero-order valence-corrected chi connectivity index (χ0v) is 13.4. The fraction of sp³-hybridized carbons (Fsp3) is 0.389. The first kappa shape index (κ1) is 16.2. The van der Waals surface area contributed by atoms with Gasteiger partial charge in [0.2, 0.25) is 0 Å². The number of aromatic nitrogens is 2. The lowest BCUT2D eigenvalue weighted by molar-refractivity contribution is -0.142. The molecule has 24 heavy (non-hydrogen) atoms. The lowest BCUT2D eigenvalue weighted by Crippen LogP contribution is -2.38. The smallest absolute Gasteiger partial charge is 0.306 e. The van der Waals surface area contributed by atoms with Crippen molar-refractivity contribution in [2.75, 3.05) is 0 Å². The largest absolute Gasteiger partial charge is 0.481 e. The van der Waals surface area contributed by atoms with E-state index in [-0.39, 0.29) is 17.9 Å². The number of carboxylic acid groups (broad SMARTS) is 1. The second kappa shape index (κ2) is 7.29. The first-order chi connectivity index (χ1) is 11.6. The van der Waals surface area contributed by atoms with Crippen molar-refractivity contribution in [3.8, 4) is 0 Å². The van der Waals surface area contributed by atoms with Crippen LogP contribution in [0.25, 0.3) is 0 Å². The summed E-state index contributed by atoms with van der Waals surface area (Å²) in [4.78, 5) is 23.3. The number of aliphatic carboxylic acids is 1. The Hall–Kier alpha value is -2.63. The van der Waals surface area contributed by atoms with E-state index >= 15 is 0 Å². The SMILES string of the molecule is O=C(NC1CCC(C(=O)O)CC1)c1ccc(Cn2cccn2)cc1. The van der Waals surface area contributed by atoms with Crippen LogP contribution in [0.3, 0.4) is 0 Å². The highest BCUT2D eigenvalue weighted by molar-refractivity contribution is 5.94. The predicted molar refractivity (Wildman–Crippen MR) is 88.6 cm³/mol. The molecular formula is C18H21N3O3. The first-order valence-electron chi connectivity index (χ1n) is 8.22. The van der Waals surface area contributed by atoms with Crippen molar-refractivity contribution in [2.24, 2.45) is 5.92 Å². The quantitative estimate of drug-likeness (QED) is 0.882. The standard InChI is InChI=1S/C18H21N3O3/c22-17(20-16-8-6-15(7-9-16)18(23)24)14-4-2-13(3-5-14)12-21-11-1-10-19-21/h1-5,10-11,15-16H,6-9,12H2,(H,20,22)(H,23,24). The van der Waals surface area contributed by atoms with E-state index in [0.717, 1.165) is 18.4 Å². The molecule has 0 spiro atoms. The summed E-state index contributed by atoms with van der Waals surface area (Å²) in [7, 11) is 0. The summed E-state index contributed by atoms with van der Waals surface area (Å²) in [5.41, 5.74) is 1.71. The fourth-order valence-electron chi connectivity index (χ4n) is 3.10. The highest BCUT2D eigenvalue weighted by atomic mass is 16.4. The van der Waals surface area contributed by atoms with Crippen molar-refractivity contribution in [3.05, 3.63) is 53.9 Å². The number of carboxylic acids is 1. The highest BCUT2D eigenvalue weighted by Gasteiger charge is 2.26. The normalized spacial score (nSPS) is 20.5. The summed E-state index contributed by atoms with van der Waals surface area (Å²) < 4.78 is 1.83. The van der Waals surface area contributed by atoms with E-state index in [0.29, 0.717) is 24.9 Å². The van der Waals surface area contributed by atoms with Gasteiger partial charge in [-0.05, 0) is 49.4 Å². The number of nitrogens with zero attached hydrogens (tertiary/aromatic N) is 2. The monoisotopic (exact) mass is 327 g/mol. The average molecular weight is 327 g/mol. The van der Waals surface area contributed by atoms with Gasteiger partial charge in [-0.25, -0.2) is 0 Å². The molecule has 1 saturated carbocycles. The third-order valence-electron chi connectivity index (χ3n) is 4.53. The number of hydrogen-bond donors (Lipinski definition) is 2. The second-order valence-corrected chi connectivity index (χ2v) is 6.26. The molecule has 1 amide bonds. The minimum atomic E-state index is -0.729. The molecule has 1 aromatic heterocycles. The summed E-state index contributed by atoms with van der Waals surface area (Å²) in [6.07, 6.45) is 6.33. The Morgan fingerprint density at radius 2 is 1.88 bits per heavy atom. The molecule has 2 aromatic rings. The van der Waals surface area contributed by atoms with E-state index in [4.69, 9.17) is 5.11 Å². The number of amides is 1. The minimum absolute atomic E-state index is 0.0665. The molecule has 6 nitrogen and oxygen atoms in total. The Balaban J connectivity index is 1.53. The Labute approximate surface area is 140 Å². The highest BCUT2D eigenvalue weighted by Crippen LogP contribution is 2.24. The van der Waals surface area contributed by atoms with E-state index in [9.17, 15) is 9.59 Å². The van der Waals surface area contributed by atoms with Gasteiger partial charge in [0, 0.05) is 24.0 Å². The van der Waals surface area contributed by atoms with Gasteiger partial charge in [0.25, 0.3) is 5.91 Å². The van der Waals surface area contributed by atoms with Crippen LogP contribution in [0.2, 0.25) is 0 Å². The van der Waals surface area contributed by atoms with Crippen LogP contribution in [0, 0.1) is 5.92 Å². The van der Waals surface area contributed by atoms with Gasteiger partial charge in [-0.1, -0.05) is 12.1 Å². The molecule has 1 aromatic carbocycles. The van der Waals surface area contributed by atoms with Gasteiger partial charge in [-0.15, -0.1) is 0 Å². The Morgan fingerprint density at radius 3 is 2.46 bits per heavy atom. The van der Waals surface area contributed by atoms with E-state index in [1.54, 1.807) is 6.20 Å². The van der Waals surface area contributed by atoms with Crippen molar-refractivity contribution < 1.29 is 14.7 Å². The Kier molecular flexibility index (Phi) is 4.93. The minimum Gasteiger partial charge on any atom is -0.481 e. The average Bonchev–Trinajstić information content (AvgIpc) is 3.09. The first-order valence-corrected chi connectivity index (χ1v) is 8.22. The van der Waals surface area contributed by atoms with Gasteiger partial charge in [-0.2, -0.15) is 5.10 Å². The maximum atomic E-state index is 12.3. The second-order valence-electron chi connectivity index (χ2n) is 6.26. The number of nitrogens with one attached hydrogen (secondary N) is 1. The van der Waals surface area contributed by atoms with Crippen molar-refractivity contribution in [3.63, 3.8) is 0 Å². The van der Waals surface area contributed by atoms with Gasteiger partial charge < -0.3 is 10.4 Å². The third kappa shape index (κ3) is 4.01. The van der Waals surface area contributed by atoms with Gasteiger partial charge in [0.05, 0.1) is 12.5 Å². The fourth-order valence-corrected chi connectivity index (χ4v) is 3.10. The van der Waals surface area contributed by atoms with Crippen molar-refractivity contribution in [1.29, 1.82) is 0 Å². The molecule has 1 aliphatic rings. The number of carbonyl (C=O) groups excluding carboxylic acids is 1. The summed E-state index contributed by atoms with van der Waals surface area (Å²) in [6, 6.07) is 9.43. The van der Waals surface area contributed by atoms with Gasteiger partial charge in [0.15, 0.2) is 0 Å². The molecule has 0 aliphatic heterocycles. The maximum Gasteiger partial charge on any atom is 0.306 e. The molecule has 0 saturated heterocycles. The molecule has 126 valence electrons. The summed E-state index contributed by atoms with van der Waals surface area (Å²) in [6.45, 7) is 0.675. The van der Waals surface area contributed by atoms with E-state index in [1.807, 2.05) is 41.2 Å². The van der Waals surface area contributed by atoms with E-state index in [1.165, 1.54) is 0 Å². The lowest BCUT2D eigenvalue weighted by atomic mass is 9.86. The molecule has 2 N–H and O–H groups in total. The van der Waals surface area contributed by atoms with Gasteiger partial charge in [0.1, 0.15) is 0 Å².